The lowest BCUT2D eigenvalue weighted by atomic mass is 10.1. The first kappa shape index (κ1) is 17.3. The van der Waals surface area contributed by atoms with Gasteiger partial charge in [0.1, 0.15) is 0 Å². The van der Waals surface area contributed by atoms with E-state index in [0.717, 1.165) is 11.4 Å². The minimum atomic E-state index is 0.0145. The van der Waals surface area contributed by atoms with Crippen LogP contribution in [-0.4, -0.2) is 24.6 Å². The standard InChI is InChI=1S/C20H23N3OS/c1-15-8-9-16(13-17(15)22(2)3)21-20(24)14-18(19-7-6-12-25-19)23-10-4-5-11-23/h4-13,18H,14H2,1-3H3,(H,21,24). The van der Waals surface area contributed by atoms with Crippen LogP contribution in [0.3, 0.4) is 0 Å². The van der Waals surface area contributed by atoms with Gasteiger partial charge in [-0.05, 0) is 48.2 Å². The van der Waals surface area contributed by atoms with Crippen molar-refractivity contribution >= 4 is 28.6 Å². The second kappa shape index (κ2) is 7.57. The summed E-state index contributed by atoms with van der Waals surface area (Å²) in [6.45, 7) is 2.07. The van der Waals surface area contributed by atoms with Crippen molar-refractivity contribution in [2.45, 2.75) is 19.4 Å². The van der Waals surface area contributed by atoms with Gasteiger partial charge in [0.15, 0.2) is 0 Å². The molecule has 0 radical (unpaired) electrons. The number of aromatic nitrogens is 1. The first-order valence-corrected chi connectivity index (χ1v) is 9.16. The fourth-order valence-electron chi connectivity index (χ4n) is 2.95. The second-order valence-corrected chi connectivity index (χ2v) is 7.29. The molecule has 0 saturated carbocycles. The Hall–Kier alpha value is -2.53. The molecule has 0 aliphatic carbocycles. The third-order valence-electron chi connectivity index (χ3n) is 4.21. The quantitative estimate of drug-likeness (QED) is 0.706. The van der Waals surface area contributed by atoms with Crippen LogP contribution >= 0.6 is 11.3 Å². The van der Waals surface area contributed by atoms with Gasteiger partial charge >= 0.3 is 0 Å². The maximum absolute atomic E-state index is 12.6. The number of carbonyl (C=O) groups excluding carboxylic acids is 1. The minimum absolute atomic E-state index is 0.0145. The van der Waals surface area contributed by atoms with E-state index in [1.807, 2.05) is 68.3 Å². The largest absolute Gasteiger partial charge is 0.377 e. The summed E-state index contributed by atoms with van der Waals surface area (Å²) in [7, 11) is 4.01. The number of aryl methyl sites for hydroxylation is 1. The summed E-state index contributed by atoms with van der Waals surface area (Å²) in [5, 5.41) is 5.09. The third kappa shape index (κ3) is 4.12. The average Bonchev–Trinajstić information content (AvgIpc) is 3.28. The Labute approximate surface area is 152 Å². The number of hydrogen-bond donors (Lipinski definition) is 1. The van der Waals surface area contributed by atoms with Crippen molar-refractivity contribution in [3.8, 4) is 0 Å². The highest BCUT2D eigenvalue weighted by Crippen LogP contribution is 2.28. The van der Waals surface area contributed by atoms with Gasteiger partial charge in [0.05, 0.1) is 12.5 Å². The maximum atomic E-state index is 12.6. The topological polar surface area (TPSA) is 37.3 Å². The van der Waals surface area contributed by atoms with E-state index in [1.165, 1.54) is 10.4 Å². The molecule has 25 heavy (non-hydrogen) atoms. The number of hydrogen-bond acceptors (Lipinski definition) is 3. The maximum Gasteiger partial charge on any atom is 0.226 e. The van der Waals surface area contributed by atoms with E-state index in [1.54, 1.807) is 11.3 Å². The molecule has 1 aromatic carbocycles. The third-order valence-corrected chi connectivity index (χ3v) is 5.19. The molecule has 5 heteroatoms. The highest BCUT2D eigenvalue weighted by molar-refractivity contribution is 7.10. The van der Waals surface area contributed by atoms with E-state index in [9.17, 15) is 4.79 Å². The van der Waals surface area contributed by atoms with Gasteiger partial charge in [-0.15, -0.1) is 11.3 Å². The highest BCUT2D eigenvalue weighted by Gasteiger charge is 2.18. The van der Waals surface area contributed by atoms with Gasteiger partial charge in [0.25, 0.3) is 0 Å². The lowest BCUT2D eigenvalue weighted by Gasteiger charge is -2.19. The molecule has 0 spiro atoms. The number of thiophene rings is 1. The predicted octanol–water partition coefficient (Wildman–Crippen LogP) is 4.54. The van der Waals surface area contributed by atoms with Gasteiger partial charge in [-0.25, -0.2) is 0 Å². The molecule has 2 heterocycles. The van der Waals surface area contributed by atoms with E-state index >= 15 is 0 Å². The fraction of sp³-hybridized carbons (Fsp3) is 0.250. The molecule has 1 atom stereocenters. The van der Waals surface area contributed by atoms with E-state index in [4.69, 9.17) is 0 Å². The molecular formula is C20H23N3OS. The van der Waals surface area contributed by atoms with Crippen LogP contribution < -0.4 is 10.2 Å². The Morgan fingerprint density at radius 3 is 2.60 bits per heavy atom. The predicted molar refractivity (Wildman–Crippen MR) is 106 cm³/mol. The molecular weight excluding hydrogens is 330 g/mol. The molecule has 3 aromatic rings. The van der Waals surface area contributed by atoms with E-state index < -0.39 is 0 Å². The molecule has 1 amide bonds. The smallest absolute Gasteiger partial charge is 0.226 e. The normalized spacial score (nSPS) is 12.0. The number of nitrogens with one attached hydrogen (secondary N) is 1. The zero-order valence-electron chi connectivity index (χ0n) is 14.8. The Bertz CT molecular complexity index is 789. The molecule has 1 unspecified atom stereocenters. The average molecular weight is 353 g/mol. The molecule has 4 nitrogen and oxygen atoms in total. The van der Waals surface area contributed by atoms with E-state index in [0.29, 0.717) is 6.42 Å². The minimum Gasteiger partial charge on any atom is -0.377 e. The Balaban J connectivity index is 1.76. The zero-order valence-corrected chi connectivity index (χ0v) is 15.6. The van der Waals surface area contributed by atoms with Gasteiger partial charge in [-0.3, -0.25) is 4.79 Å². The van der Waals surface area contributed by atoms with Crippen molar-refractivity contribution in [2.75, 3.05) is 24.3 Å². The summed E-state index contributed by atoms with van der Waals surface area (Å²) in [5.74, 6) is 0.0145. The number of amides is 1. The zero-order chi connectivity index (χ0) is 17.8. The molecule has 1 N–H and O–H groups in total. The van der Waals surface area contributed by atoms with Crippen molar-refractivity contribution in [3.05, 3.63) is 70.7 Å². The Morgan fingerprint density at radius 2 is 1.96 bits per heavy atom. The molecule has 0 bridgehead atoms. The van der Waals surface area contributed by atoms with Crippen LogP contribution in [0, 0.1) is 6.92 Å². The lowest BCUT2D eigenvalue weighted by Crippen LogP contribution is -2.19. The second-order valence-electron chi connectivity index (χ2n) is 6.31. The van der Waals surface area contributed by atoms with Crippen LogP contribution in [0.25, 0.3) is 0 Å². The number of rotatable bonds is 6. The molecule has 0 aliphatic heterocycles. The van der Waals surface area contributed by atoms with Crippen molar-refractivity contribution < 1.29 is 4.79 Å². The van der Waals surface area contributed by atoms with E-state index in [-0.39, 0.29) is 11.9 Å². The molecule has 130 valence electrons. The number of carbonyl (C=O) groups is 1. The molecule has 3 rings (SSSR count). The van der Waals surface area contributed by atoms with Crippen molar-refractivity contribution in [1.82, 2.24) is 4.57 Å². The van der Waals surface area contributed by atoms with Crippen molar-refractivity contribution in [1.29, 1.82) is 0 Å². The molecule has 0 saturated heterocycles. The van der Waals surface area contributed by atoms with Gasteiger partial charge < -0.3 is 14.8 Å². The summed E-state index contributed by atoms with van der Waals surface area (Å²) in [6.07, 6.45) is 4.42. The Kier molecular flexibility index (Phi) is 5.24. The van der Waals surface area contributed by atoms with Crippen LogP contribution in [0.4, 0.5) is 11.4 Å². The van der Waals surface area contributed by atoms with Crippen molar-refractivity contribution in [2.24, 2.45) is 0 Å². The van der Waals surface area contributed by atoms with Crippen LogP contribution in [0.15, 0.2) is 60.2 Å². The molecule has 0 fully saturated rings. The molecule has 0 aliphatic rings. The summed E-state index contributed by atoms with van der Waals surface area (Å²) in [4.78, 5) is 15.9. The van der Waals surface area contributed by atoms with Crippen LogP contribution in [-0.2, 0) is 4.79 Å². The number of anilines is 2. The summed E-state index contributed by atoms with van der Waals surface area (Å²) < 4.78 is 2.09. The highest BCUT2D eigenvalue weighted by atomic mass is 32.1. The number of benzene rings is 1. The van der Waals surface area contributed by atoms with Gasteiger partial charge in [0, 0.05) is 42.7 Å². The number of nitrogens with zero attached hydrogens (tertiary/aromatic N) is 2. The summed E-state index contributed by atoms with van der Waals surface area (Å²) in [6, 6.07) is 14.1. The summed E-state index contributed by atoms with van der Waals surface area (Å²) >= 11 is 1.68. The van der Waals surface area contributed by atoms with Gasteiger partial charge in [-0.2, -0.15) is 0 Å². The van der Waals surface area contributed by atoms with Crippen LogP contribution in [0.1, 0.15) is 22.9 Å². The first-order valence-electron chi connectivity index (χ1n) is 8.28. The SMILES string of the molecule is Cc1ccc(NC(=O)CC(c2cccs2)n2cccc2)cc1N(C)C. The van der Waals surface area contributed by atoms with Gasteiger partial charge in [-0.1, -0.05) is 12.1 Å². The lowest BCUT2D eigenvalue weighted by molar-refractivity contribution is -0.116. The van der Waals surface area contributed by atoms with Crippen LogP contribution in [0.5, 0.6) is 0 Å². The molecule has 2 aromatic heterocycles. The van der Waals surface area contributed by atoms with E-state index in [2.05, 4.69) is 27.8 Å². The first-order chi connectivity index (χ1) is 12.0. The fourth-order valence-corrected chi connectivity index (χ4v) is 3.78. The van der Waals surface area contributed by atoms with Gasteiger partial charge in [0.2, 0.25) is 5.91 Å². The van der Waals surface area contributed by atoms with Crippen molar-refractivity contribution in [3.63, 3.8) is 0 Å². The van der Waals surface area contributed by atoms with Crippen LogP contribution in [0.2, 0.25) is 0 Å². The monoisotopic (exact) mass is 353 g/mol. The summed E-state index contributed by atoms with van der Waals surface area (Å²) in [5.41, 5.74) is 3.13. The Morgan fingerprint density at radius 1 is 1.20 bits per heavy atom.